The molecule has 5 nitrogen and oxygen atoms in total. The van der Waals surface area contributed by atoms with Crippen molar-refractivity contribution >= 4 is 25.7 Å². The smallest absolute Gasteiger partial charge is 0.341 e. The highest BCUT2D eigenvalue weighted by Gasteiger charge is 2.25. The van der Waals surface area contributed by atoms with Crippen LogP contribution in [0, 0.1) is 12.7 Å². The third-order valence-electron chi connectivity index (χ3n) is 2.89. The minimum absolute atomic E-state index is 0.00125. The molecule has 2 rings (SSSR count). The van der Waals surface area contributed by atoms with E-state index in [4.69, 9.17) is 20.2 Å². The van der Waals surface area contributed by atoms with Gasteiger partial charge in [0.25, 0.3) is 9.05 Å². The zero-order chi connectivity index (χ0) is 14.9. The number of ether oxygens (including phenoxy) is 2. The minimum Gasteiger partial charge on any atom is -0.456 e. The first-order valence-corrected chi connectivity index (χ1v) is 8.13. The molecule has 1 atom stereocenters. The Labute approximate surface area is 120 Å². The van der Waals surface area contributed by atoms with Crippen molar-refractivity contribution in [3.63, 3.8) is 0 Å². The number of hydrogen-bond acceptors (Lipinski definition) is 5. The zero-order valence-electron chi connectivity index (χ0n) is 10.6. The Hall–Kier alpha value is -1.18. The molecule has 0 bridgehead atoms. The first-order valence-electron chi connectivity index (χ1n) is 5.82. The normalized spacial score (nSPS) is 19.1. The van der Waals surface area contributed by atoms with E-state index in [-0.39, 0.29) is 17.1 Å². The second-order valence-corrected chi connectivity index (χ2v) is 7.00. The Morgan fingerprint density at radius 3 is 2.75 bits per heavy atom. The van der Waals surface area contributed by atoms with Crippen molar-refractivity contribution in [1.82, 2.24) is 0 Å². The third kappa shape index (κ3) is 3.28. The van der Waals surface area contributed by atoms with E-state index in [1.165, 1.54) is 6.92 Å². The van der Waals surface area contributed by atoms with Gasteiger partial charge in [0.2, 0.25) is 0 Å². The highest BCUT2D eigenvalue weighted by molar-refractivity contribution is 8.13. The third-order valence-corrected chi connectivity index (χ3v) is 4.22. The molecule has 1 fully saturated rings. The Bertz CT molecular complexity index is 637. The summed E-state index contributed by atoms with van der Waals surface area (Å²) in [6, 6.07) is 1.94. The van der Waals surface area contributed by atoms with E-state index in [9.17, 15) is 17.6 Å². The van der Waals surface area contributed by atoms with Crippen LogP contribution in [0.2, 0.25) is 0 Å². The quantitative estimate of drug-likeness (QED) is 0.629. The van der Waals surface area contributed by atoms with E-state index in [1.54, 1.807) is 0 Å². The highest BCUT2D eigenvalue weighted by atomic mass is 35.7. The van der Waals surface area contributed by atoms with Gasteiger partial charge in [0, 0.05) is 17.1 Å². The molecule has 1 saturated heterocycles. The number of halogens is 2. The van der Waals surface area contributed by atoms with Crippen LogP contribution >= 0.6 is 10.7 Å². The molecule has 0 N–H and O–H groups in total. The molecule has 0 aliphatic carbocycles. The van der Waals surface area contributed by atoms with E-state index in [1.807, 2.05) is 0 Å². The van der Waals surface area contributed by atoms with E-state index >= 15 is 0 Å². The summed E-state index contributed by atoms with van der Waals surface area (Å²) < 4.78 is 46.6. The molecule has 1 heterocycles. The van der Waals surface area contributed by atoms with E-state index in [0.29, 0.717) is 13.0 Å². The van der Waals surface area contributed by atoms with Crippen molar-refractivity contribution in [1.29, 1.82) is 0 Å². The number of benzene rings is 1. The fourth-order valence-corrected chi connectivity index (χ4v) is 2.69. The van der Waals surface area contributed by atoms with Crippen LogP contribution in [0.5, 0.6) is 0 Å². The molecule has 1 aliphatic heterocycles. The average Bonchev–Trinajstić information content (AvgIpc) is 2.83. The lowest BCUT2D eigenvalue weighted by Gasteiger charge is -2.12. The second kappa shape index (κ2) is 5.67. The fourth-order valence-electron chi connectivity index (χ4n) is 1.85. The van der Waals surface area contributed by atoms with Gasteiger partial charge in [0.05, 0.1) is 23.7 Å². The van der Waals surface area contributed by atoms with Crippen LogP contribution in [-0.2, 0) is 18.5 Å². The number of aryl methyl sites for hydroxylation is 1. The topological polar surface area (TPSA) is 69.7 Å². The monoisotopic (exact) mass is 322 g/mol. The molecule has 0 aromatic heterocycles. The number of carbonyl (C=O) groups is 1. The van der Waals surface area contributed by atoms with E-state index in [2.05, 4.69) is 0 Å². The van der Waals surface area contributed by atoms with Gasteiger partial charge in [0.15, 0.2) is 0 Å². The molecular weight excluding hydrogens is 311 g/mol. The van der Waals surface area contributed by atoms with Gasteiger partial charge in [-0.05, 0) is 24.6 Å². The fraction of sp³-hybridized carbons (Fsp3) is 0.417. The van der Waals surface area contributed by atoms with Crippen molar-refractivity contribution in [3.8, 4) is 0 Å². The molecule has 8 heteroatoms. The van der Waals surface area contributed by atoms with Crippen LogP contribution in [0.1, 0.15) is 22.3 Å². The van der Waals surface area contributed by atoms with Crippen molar-refractivity contribution in [3.05, 3.63) is 29.1 Å². The van der Waals surface area contributed by atoms with E-state index in [0.717, 1.165) is 12.1 Å². The number of hydrogen-bond donors (Lipinski definition) is 0. The number of rotatable bonds is 3. The first kappa shape index (κ1) is 15.2. The van der Waals surface area contributed by atoms with Gasteiger partial charge < -0.3 is 9.47 Å². The Morgan fingerprint density at radius 2 is 2.20 bits per heavy atom. The van der Waals surface area contributed by atoms with Gasteiger partial charge >= 0.3 is 5.97 Å². The number of esters is 1. The molecule has 1 aliphatic rings. The molecule has 0 radical (unpaired) electrons. The van der Waals surface area contributed by atoms with Gasteiger partial charge in [-0.1, -0.05) is 0 Å². The average molecular weight is 323 g/mol. The lowest BCUT2D eigenvalue weighted by atomic mass is 10.1. The van der Waals surface area contributed by atoms with Crippen LogP contribution in [0.3, 0.4) is 0 Å². The van der Waals surface area contributed by atoms with Gasteiger partial charge in [-0.3, -0.25) is 0 Å². The largest absolute Gasteiger partial charge is 0.456 e. The predicted molar refractivity (Wildman–Crippen MR) is 68.8 cm³/mol. The second-order valence-electron chi connectivity index (χ2n) is 4.43. The van der Waals surface area contributed by atoms with Crippen molar-refractivity contribution < 1.29 is 27.1 Å². The van der Waals surface area contributed by atoms with E-state index < -0.39 is 32.5 Å². The van der Waals surface area contributed by atoms with Crippen LogP contribution in [0.25, 0.3) is 0 Å². The molecule has 1 aromatic carbocycles. The van der Waals surface area contributed by atoms with Crippen LogP contribution in [-0.4, -0.2) is 33.7 Å². The van der Waals surface area contributed by atoms with Crippen molar-refractivity contribution in [2.24, 2.45) is 0 Å². The number of carbonyl (C=O) groups excluding carboxylic acids is 1. The summed E-state index contributed by atoms with van der Waals surface area (Å²) in [7, 11) is 1.16. The molecule has 1 unspecified atom stereocenters. The SMILES string of the molecule is Cc1cc(S(=O)(=O)Cl)cc(C(=O)OC2CCOC2)c1F. The van der Waals surface area contributed by atoms with Gasteiger partial charge in [0.1, 0.15) is 11.9 Å². The summed E-state index contributed by atoms with van der Waals surface area (Å²) >= 11 is 0. The molecule has 0 amide bonds. The Balaban J connectivity index is 2.34. The lowest BCUT2D eigenvalue weighted by molar-refractivity contribution is 0.0265. The van der Waals surface area contributed by atoms with Gasteiger partial charge in [-0.2, -0.15) is 0 Å². The van der Waals surface area contributed by atoms with Crippen LogP contribution < -0.4 is 0 Å². The Kier molecular flexibility index (Phi) is 4.31. The highest BCUT2D eigenvalue weighted by Crippen LogP contribution is 2.23. The van der Waals surface area contributed by atoms with Crippen LogP contribution in [0.15, 0.2) is 17.0 Å². The standard InChI is InChI=1S/C12H12ClFO5S/c1-7-4-9(20(13,16)17)5-10(11(7)14)12(15)19-8-2-3-18-6-8/h4-5,8H,2-3,6H2,1H3. The summed E-state index contributed by atoms with van der Waals surface area (Å²) in [5.41, 5.74) is -0.447. The summed E-state index contributed by atoms with van der Waals surface area (Å²) in [5.74, 6) is -1.75. The van der Waals surface area contributed by atoms with Crippen molar-refractivity contribution in [2.75, 3.05) is 13.2 Å². The van der Waals surface area contributed by atoms with Crippen LogP contribution in [0.4, 0.5) is 4.39 Å². The molecule has 110 valence electrons. The summed E-state index contributed by atoms with van der Waals surface area (Å²) in [5, 5.41) is 0. The maximum absolute atomic E-state index is 13.9. The minimum atomic E-state index is -4.05. The molecule has 1 aromatic rings. The summed E-state index contributed by atoms with van der Waals surface area (Å²) in [6.45, 7) is 2.06. The van der Waals surface area contributed by atoms with Crippen molar-refractivity contribution in [2.45, 2.75) is 24.3 Å². The first-order chi connectivity index (χ1) is 9.29. The van der Waals surface area contributed by atoms with Gasteiger partial charge in [-0.25, -0.2) is 17.6 Å². The maximum Gasteiger partial charge on any atom is 0.341 e. The Morgan fingerprint density at radius 1 is 1.50 bits per heavy atom. The van der Waals surface area contributed by atoms with Gasteiger partial charge in [-0.15, -0.1) is 0 Å². The summed E-state index contributed by atoms with van der Waals surface area (Å²) in [6.07, 6.45) is 0.0818. The maximum atomic E-state index is 13.9. The predicted octanol–water partition coefficient (Wildman–Crippen LogP) is 2.01. The lowest BCUT2D eigenvalue weighted by Crippen LogP contribution is -2.19. The molecule has 20 heavy (non-hydrogen) atoms. The molecule has 0 saturated carbocycles. The summed E-state index contributed by atoms with van der Waals surface area (Å²) in [4.78, 5) is 11.6. The zero-order valence-corrected chi connectivity index (χ0v) is 12.1. The molecular formula is C12H12ClFO5S. The molecule has 0 spiro atoms.